The topological polar surface area (TPSA) is 54.4 Å². The van der Waals surface area contributed by atoms with Crippen molar-refractivity contribution in [3.63, 3.8) is 0 Å². The van der Waals surface area contributed by atoms with Crippen molar-refractivity contribution in [1.29, 1.82) is 0 Å². The molecule has 0 aliphatic carbocycles. The molecule has 0 saturated carbocycles. The van der Waals surface area contributed by atoms with Gasteiger partial charge in [0.1, 0.15) is 0 Å². The number of carboxylic acid groups (broad SMARTS) is 1. The predicted molar refractivity (Wildman–Crippen MR) is 52.5 cm³/mol. The molecule has 1 N–H and O–H groups in total. The normalized spacial score (nSPS) is 10.2. The van der Waals surface area contributed by atoms with E-state index in [1.54, 1.807) is 12.1 Å². The largest absolute Gasteiger partial charge is 0.475 e. The number of carbonyl (C=O) groups excluding carboxylic acids is 1. The number of hydrogen-bond donors (Lipinski definition) is 1. The second kappa shape index (κ2) is 4.05. The van der Waals surface area contributed by atoms with Gasteiger partial charge in [0, 0.05) is 5.56 Å². The Morgan fingerprint density at radius 1 is 1.29 bits per heavy atom. The maximum atomic E-state index is 11.1. The van der Waals surface area contributed by atoms with E-state index in [0.717, 1.165) is 5.56 Å². The Kier molecular flexibility index (Phi) is 3.02. The van der Waals surface area contributed by atoms with Gasteiger partial charge in [-0.25, -0.2) is 4.79 Å². The molecule has 1 rings (SSSR count). The van der Waals surface area contributed by atoms with E-state index in [2.05, 4.69) is 0 Å². The summed E-state index contributed by atoms with van der Waals surface area (Å²) < 4.78 is 0. The first-order valence-electron chi connectivity index (χ1n) is 4.40. The molecule has 14 heavy (non-hydrogen) atoms. The lowest BCUT2D eigenvalue weighted by molar-refractivity contribution is -0.131. The standard InChI is InChI=1S/C11H12O3/c1-7(2)8-4-3-5-9(6-8)10(12)11(13)14/h3-7H,1-2H3,(H,13,14). The number of carboxylic acids is 1. The predicted octanol–water partition coefficient (Wildman–Crippen LogP) is 2.08. The maximum absolute atomic E-state index is 11.1. The van der Waals surface area contributed by atoms with Crippen LogP contribution in [0, 0.1) is 0 Å². The fourth-order valence-electron chi connectivity index (χ4n) is 1.16. The first-order valence-corrected chi connectivity index (χ1v) is 4.40. The second-order valence-electron chi connectivity index (χ2n) is 3.41. The van der Waals surface area contributed by atoms with Crippen LogP contribution in [-0.2, 0) is 4.79 Å². The highest BCUT2D eigenvalue weighted by molar-refractivity contribution is 6.39. The van der Waals surface area contributed by atoms with E-state index in [4.69, 9.17) is 5.11 Å². The fraction of sp³-hybridized carbons (Fsp3) is 0.273. The van der Waals surface area contributed by atoms with Crippen molar-refractivity contribution >= 4 is 11.8 Å². The van der Waals surface area contributed by atoms with Crippen LogP contribution in [-0.4, -0.2) is 16.9 Å². The van der Waals surface area contributed by atoms with Crippen molar-refractivity contribution < 1.29 is 14.7 Å². The third kappa shape index (κ3) is 2.19. The first kappa shape index (κ1) is 10.4. The zero-order valence-electron chi connectivity index (χ0n) is 8.15. The number of ketones is 1. The van der Waals surface area contributed by atoms with E-state index in [0.29, 0.717) is 0 Å². The van der Waals surface area contributed by atoms with Crippen molar-refractivity contribution in [2.75, 3.05) is 0 Å². The zero-order chi connectivity index (χ0) is 10.7. The molecule has 0 fully saturated rings. The smallest absolute Gasteiger partial charge is 0.377 e. The minimum absolute atomic E-state index is 0.240. The van der Waals surface area contributed by atoms with Crippen LogP contribution in [0.15, 0.2) is 24.3 Å². The summed E-state index contributed by atoms with van der Waals surface area (Å²) in [6, 6.07) is 6.72. The Morgan fingerprint density at radius 2 is 1.93 bits per heavy atom. The Balaban J connectivity index is 3.06. The molecule has 1 aromatic carbocycles. The molecule has 0 aliphatic heterocycles. The second-order valence-corrected chi connectivity index (χ2v) is 3.41. The van der Waals surface area contributed by atoms with Crippen LogP contribution < -0.4 is 0 Å². The first-order chi connectivity index (χ1) is 6.52. The Hall–Kier alpha value is -1.64. The summed E-state index contributed by atoms with van der Waals surface area (Å²) >= 11 is 0. The van der Waals surface area contributed by atoms with Gasteiger partial charge in [0.05, 0.1) is 0 Å². The SMILES string of the molecule is CC(C)c1cccc(C(=O)C(=O)O)c1. The van der Waals surface area contributed by atoms with Crippen LogP contribution in [0.3, 0.4) is 0 Å². The van der Waals surface area contributed by atoms with Crippen LogP contribution in [0.25, 0.3) is 0 Å². The summed E-state index contributed by atoms with van der Waals surface area (Å²) in [6.45, 7) is 3.98. The molecule has 0 aliphatic rings. The van der Waals surface area contributed by atoms with Gasteiger partial charge in [0.25, 0.3) is 5.78 Å². The van der Waals surface area contributed by atoms with Crippen molar-refractivity contribution in [1.82, 2.24) is 0 Å². The molecule has 0 heterocycles. The lowest BCUT2D eigenvalue weighted by atomic mass is 9.99. The minimum atomic E-state index is -1.41. The van der Waals surface area contributed by atoms with Crippen LogP contribution in [0.2, 0.25) is 0 Å². The van der Waals surface area contributed by atoms with Crippen molar-refractivity contribution in [3.8, 4) is 0 Å². The molecular weight excluding hydrogens is 180 g/mol. The highest BCUT2D eigenvalue weighted by Gasteiger charge is 2.14. The lowest BCUT2D eigenvalue weighted by Crippen LogP contribution is -2.12. The van der Waals surface area contributed by atoms with Gasteiger partial charge in [-0.1, -0.05) is 32.0 Å². The molecule has 1 aromatic rings. The molecule has 3 nitrogen and oxygen atoms in total. The number of Topliss-reactive ketones (excluding diaryl/α,β-unsaturated/α-hetero) is 1. The van der Waals surface area contributed by atoms with Gasteiger partial charge in [-0.3, -0.25) is 4.79 Å². The minimum Gasteiger partial charge on any atom is -0.475 e. The molecule has 0 atom stereocenters. The molecule has 0 radical (unpaired) electrons. The van der Waals surface area contributed by atoms with E-state index in [9.17, 15) is 9.59 Å². The van der Waals surface area contributed by atoms with E-state index in [1.165, 1.54) is 6.07 Å². The average Bonchev–Trinajstić information content (AvgIpc) is 2.16. The quantitative estimate of drug-likeness (QED) is 0.589. The van der Waals surface area contributed by atoms with Gasteiger partial charge < -0.3 is 5.11 Å². The third-order valence-electron chi connectivity index (χ3n) is 2.01. The average molecular weight is 192 g/mol. The maximum Gasteiger partial charge on any atom is 0.377 e. The highest BCUT2D eigenvalue weighted by atomic mass is 16.4. The van der Waals surface area contributed by atoms with Crippen LogP contribution in [0.5, 0.6) is 0 Å². The fourth-order valence-corrected chi connectivity index (χ4v) is 1.16. The van der Waals surface area contributed by atoms with Crippen LogP contribution >= 0.6 is 0 Å². The summed E-state index contributed by atoms with van der Waals surface area (Å²) in [5.74, 6) is -1.98. The van der Waals surface area contributed by atoms with Crippen molar-refractivity contribution in [2.45, 2.75) is 19.8 Å². The van der Waals surface area contributed by atoms with Gasteiger partial charge in [0.15, 0.2) is 0 Å². The van der Waals surface area contributed by atoms with Crippen molar-refractivity contribution in [3.05, 3.63) is 35.4 Å². The molecule has 0 bridgehead atoms. The van der Waals surface area contributed by atoms with Gasteiger partial charge in [-0.05, 0) is 17.5 Å². The lowest BCUT2D eigenvalue weighted by Gasteiger charge is -2.05. The Morgan fingerprint density at radius 3 is 2.43 bits per heavy atom. The summed E-state index contributed by atoms with van der Waals surface area (Å²) in [6.07, 6.45) is 0. The van der Waals surface area contributed by atoms with E-state index in [1.807, 2.05) is 19.9 Å². The summed E-state index contributed by atoms with van der Waals surface area (Å²) in [5, 5.41) is 8.52. The molecule has 0 saturated heterocycles. The number of hydrogen-bond acceptors (Lipinski definition) is 2. The van der Waals surface area contributed by atoms with Crippen molar-refractivity contribution in [2.24, 2.45) is 0 Å². The van der Waals surface area contributed by atoms with Crippen LogP contribution in [0.1, 0.15) is 35.7 Å². The van der Waals surface area contributed by atoms with Gasteiger partial charge in [0.2, 0.25) is 0 Å². The van der Waals surface area contributed by atoms with E-state index < -0.39 is 11.8 Å². The summed E-state index contributed by atoms with van der Waals surface area (Å²) in [4.78, 5) is 21.6. The molecule has 3 heteroatoms. The van der Waals surface area contributed by atoms with Gasteiger partial charge in [-0.15, -0.1) is 0 Å². The number of carbonyl (C=O) groups is 2. The molecule has 0 aromatic heterocycles. The van der Waals surface area contributed by atoms with Gasteiger partial charge in [-0.2, -0.15) is 0 Å². The Bertz CT molecular complexity index is 367. The zero-order valence-corrected chi connectivity index (χ0v) is 8.15. The molecule has 0 spiro atoms. The van der Waals surface area contributed by atoms with Gasteiger partial charge >= 0.3 is 5.97 Å². The molecular formula is C11H12O3. The summed E-state index contributed by atoms with van der Waals surface area (Å²) in [7, 11) is 0. The van der Waals surface area contributed by atoms with E-state index >= 15 is 0 Å². The monoisotopic (exact) mass is 192 g/mol. The number of benzene rings is 1. The third-order valence-corrected chi connectivity index (χ3v) is 2.01. The Labute approximate surface area is 82.4 Å². The number of aliphatic carboxylic acids is 1. The summed E-state index contributed by atoms with van der Waals surface area (Å²) in [5.41, 5.74) is 1.21. The van der Waals surface area contributed by atoms with E-state index in [-0.39, 0.29) is 11.5 Å². The van der Waals surface area contributed by atoms with Crippen LogP contribution in [0.4, 0.5) is 0 Å². The molecule has 0 unspecified atom stereocenters. The molecule has 74 valence electrons. The number of rotatable bonds is 3. The molecule has 0 amide bonds. The highest BCUT2D eigenvalue weighted by Crippen LogP contribution is 2.15.